The monoisotopic (exact) mass is 481 g/mol. The largest absolute Gasteiger partial charge is 0.480 e. The van der Waals surface area contributed by atoms with E-state index in [-0.39, 0.29) is 11.3 Å². The Morgan fingerprint density at radius 2 is 2.10 bits per heavy atom. The van der Waals surface area contributed by atoms with Crippen molar-refractivity contribution in [3.05, 3.63) is 31.8 Å². The fourth-order valence-corrected chi connectivity index (χ4v) is 5.08. The molecular formula is C14H13BrINO3S. The summed E-state index contributed by atoms with van der Waals surface area (Å²) in [6.45, 7) is 0. The summed E-state index contributed by atoms with van der Waals surface area (Å²) >= 11 is 7.10. The topological polar surface area (TPSA) is 57.6 Å². The van der Waals surface area contributed by atoms with E-state index in [2.05, 4.69) is 38.5 Å². The van der Waals surface area contributed by atoms with Crippen molar-refractivity contribution in [3.63, 3.8) is 0 Å². The van der Waals surface area contributed by atoms with Crippen LogP contribution in [0, 0.1) is 9.49 Å². The molecule has 1 amide bonds. The molecule has 3 rings (SSSR count). The minimum atomic E-state index is -0.913. The van der Waals surface area contributed by atoms with Gasteiger partial charge in [-0.3, -0.25) is 4.79 Å². The summed E-state index contributed by atoms with van der Waals surface area (Å²) in [5.41, 5.74) is 0.573. The van der Waals surface area contributed by atoms with Crippen LogP contribution in [0.2, 0.25) is 0 Å². The Kier molecular flexibility index (Phi) is 4.52. The first-order chi connectivity index (χ1) is 9.99. The minimum absolute atomic E-state index is 0.00776. The molecule has 0 spiro atoms. The number of carboxylic acid groups (broad SMARTS) is 1. The number of nitrogens with zero attached hydrogens (tertiary/aromatic N) is 1. The van der Waals surface area contributed by atoms with Crippen LogP contribution in [0.15, 0.2) is 22.7 Å². The number of amides is 1. The molecular weight excluding hydrogens is 469 g/mol. The molecule has 4 nitrogen and oxygen atoms in total. The van der Waals surface area contributed by atoms with Gasteiger partial charge in [-0.2, -0.15) is 0 Å². The summed E-state index contributed by atoms with van der Waals surface area (Å²) in [7, 11) is 0. The molecule has 2 fully saturated rings. The molecule has 1 aliphatic carbocycles. The highest BCUT2D eigenvalue weighted by Crippen LogP contribution is 2.46. The Hall–Kier alpha value is -0.280. The number of rotatable bonds is 3. The number of thioether (sulfide) groups is 1. The first-order valence-electron chi connectivity index (χ1n) is 6.61. The van der Waals surface area contributed by atoms with E-state index in [1.165, 1.54) is 0 Å². The lowest BCUT2D eigenvalue weighted by molar-refractivity contribution is -0.141. The maximum Gasteiger partial charge on any atom is 0.327 e. The Morgan fingerprint density at radius 1 is 1.38 bits per heavy atom. The Balaban J connectivity index is 1.95. The SMILES string of the molecule is O=C(O)C1CSC(C2CC2)N1C(=O)c1cc(Br)ccc1I. The smallest absolute Gasteiger partial charge is 0.327 e. The summed E-state index contributed by atoms with van der Waals surface area (Å²) in [5.74, 6) is -0.153. The first kappa shape index (κ1) is 15.6. The maximum atomic E-state index is 12.9. The Bertz CT molecular complexity index is 608. The zero-order valence-electron chi connectivity index (χ0n) is 11.0. The van der Waals surface area contributed by atoms with Crippen molar-refractivity contribution in [2.45, 2.75) is 24.3 Å². The number of hydrogen-bond acceptors (Lipinski definition) is 3. The second-order valence-corrected chi connectivity index (χ2v) is 8.48. The van der Waals surface area contributed by atoms with Crippen LogP contribution in [0.3, 0.4) is 0 Å². The molecule has 1 saturated carbocycles. The molecule has 1 heterocycles. The molecule has 1 aromatic rings. The molecule has 112 valence electrons. The highest BCUT2D eigenvalue weighted by molar-refractivity contribution is 14.1. The third-order valence-electron chi connectivity index (χ3n) is 3.74. The molecule has 7 heteroatoms. The van der Waals surface area contributed by atoms with Crippen LogP contribution in [-0.4, -0.2) is 39.1 Å². The normalized spacial score (nSPS) is 25.1. The molecule has 21 heavy (non-hydrogen) atoms. The number of carbonyl (C=O) groups excluding carboxylic acids is 1. The zero-order chi connectivity index (χ0) is 15.1. The predicted molar refractivity (Wildman–Crippen MR) is 93.4 cm³/mol. The van der Waals surface area contributed by atoms with Gasteiger partial charge in [0.25, 0.3) is 5.91 Å². The fourth-order valence-electron chi connectivity index (χ4n) is 2.52. The van der Waals surface area contributed by atoms with E-state index < -0.39 is 12.0 Å². The van der Waals surface area contributed by atoms with Gasteiger partial charge in [-0.25, -0.2) is 4.79 Å². The van der Waals surface area contributed by atoms with Gasteiger partial charge >= 0.3 is 5.97 Å². The van der Waals surface area contributed by atoms with E-state index in [0.717, 1.165) is 20.9 Å². The zero-order valence-corrected chi connectivity index (χ0v) is 15.5. The van der Waals surface area contributed by atoms with E-state index in [1.54, 1.807) is 22.7 Å². The van der Waals surface area contributed by atoms with Crippen LogP contribution < -0.4 is 0 Å². The van der Waals surface area contributed by atoms with Crippen LogP contribution >= 0.6 is 50.3 Å². The first-order valence-corrected chi connectivity index (χ1v) is 9.53. The lowest BCUT2D eigenvalue weighted by atomic mass is 10.1. The van der Waals surface area contributed by atoms with Gasteiger partial charge < -0.3 is 10.0 Å². The summed E-state index contributed by atoms with van der Waals surface area (Å²) in [5, 5.41) is 9.41. The molecule has 0 aromatic heterocycles. The average Bonchev–Trinajstić information content (AvgIpc) is 3.19. The van der Waals surface area contributed by atoms with Crippen LogP contribution in [0.4, 0.5) is 0 Å². The summed E-state index contributed by atoms with van der Waals surface area (Å²) in [6.07, 6.45) is 2.17. The number of benzene rings is 1. The number of halogens is 2. The molecule has 2 unspecified atom stereocenters. The molecule has 2 atom stereocenters. The van der Waals surface area contributed by atoms with Gasteiger partial charge in [0.05, 0.1) is 10.9 Å². The standard InChI is InChI=1S/C14H13BrINO3S/c15-8-3-4-10(16)9(5-8)12(18)17-11(14(19)20)6-21-13(17)7-1-2-7/h3-5,7,11,13H,1-2,6H2,(H,19,20). The summed E-state index contributed by atoms with van der Waals surface area (Å²) < 4.78 is 1.67. The summed E-state index contributed by atoms with van der Waals surface area (Å²) in [6, 6.07) is 4.80. The van der Waals surface area contributed by atoms with E-state index in [4.69, 9.17) is 0 Å². The van der Waals surface area contributed by atoms with Crippen molar-refractivity contribution in [1.82, 2.24) is 4.90 Å². The van der Waals surface area contributed by atoms with Gasteiger partial charge in [-0.1, -0.05) is 15.9 Å². The van der Waals surface area contributed by atoms with Gasteiger partial charge in [0.2, 0.25) is 0 Å². The lowest BCUT2D eigenvalue weighted by Crippen LogP contribution is -2.46. The number of carbonyl (C=O) groups is 2. The third-order valence-corrected chi connectivity index (χ3v) is 6.63. The third kappa shape index (κ3) is 3.10. The van der Waals surface area contributed by atoms with Gasteiger partial charge in [-0.05, 0) is 59.5 Å². The lowest BCUT2D eigenvalue weighted by Gasteiger charge is -2.28. The molecule has 0 radical (unpaired) electrons. The molecule has 0 bridgehead atoms. The van der Waals surface area contributed by atoms with Gasteiger partial charge in [0.15, 0.2) is 0 Å². The Labute approximate surface area is 148 Å². The van der Waals surface area contributed by atoms with Crippen LogP contribution in [-0.2, 0) is 4.79 Å². The minimum Gasteiger partial charge on any atom is -0.480 e. The second kappa shape index (κ2) is 6.08. The van der Waals surface area contributed by atoms with E-state index in [1.807, 2.05) is 12.1 Å². The van der Waals surface area contributed by atoms with E-state index in [0.29, 0.717) is 17.2 Å². The Morgan fingerprint density at radius 3 is 2.71 bits per heavy atom. The van der Waals surface area contributed by atoms with Crippen molar-refractivity contribution in [1.29, 1.82) is 0 Å². The summed E-state index contributed by atoms with van der Waals surface area (Å²) in [4.78, 5) is 26.0. The van der Waals surface area contributed by atoms with Crippen LogP contribution in [0.25, 0.3) is 0 Å². The predicted octanol–water partition coefficient (Wildman–Crippen LogP) is 3.43. The molecule has 1 N–H and O–H groups in total. The maximum absolute atomic E-state index is 12.9. The molecule has 1 saturated heterocycles. The van der Waals surface area contributed by atoms with Crippen molar-refractivity contribution >= 4 is 62.2 Å². The van der Waals surface area contributed by atoms with Gasteiger partial charge in [0, 0.05) is 13.8 Å². The number of carboxylic acids is 1. The van der Waals surface area contributed by atoms with Crippen molar-refractivity contribution in [2.24, 2.45) is 5.92 Å². The van der Waals surface area contributed by atoms with E-state index in [9.17, 15) is 14.7 Å². The van der Waals surface area contributed by atoms with Gasteiger partial charge in [-0.15, -0.1) is 11.8 Å². The highest BCUT2D eigenvalue weighted by atomic mass is 127. The highest BCUT2D eigenvalue weighted by Gasteiger charge is 2.48. The molecule has 1 aliphatic heterocycles. The quantitative estimate of drug-likeness (QED) is 0.672. The second-order valence-electron chi connectivity index (χ2n) is 5.25. The molecule has 1 aromatic carbocycles. The van der Waals surface area contributed by atoms with Crippen molar-refractivity contribution in [2.75, 3.05) is 5.75 Å². The van der Waals surface area contributed by atoms with Crippen molar-refractivity contribution in [3.8, 4) is 0 Å². The average molecular weight is 482 g/mol. The number of aliphatic carboxylic acids is 1. The molecule has 2 aliphatic rings. The van der Waals surface area contributed by atoms with Gasteiger partial charge in [0.1, 0.15) is 6.04 Å². The van der Waals surface area contributed by atoms with Crippen LogP contribution in [0.5, 0.6) is 0 Å². The number of hydrogen-bond donors (Lipinski definition) is 1. The fraction of sp³-hybridized carbons (Fsp3) is 0.429. The van der Waals surface area contributed by atoms with Crippen molar-refractivity contribution < 1.29 is 14.7 Å². The van der Waals surface area contributed by atoms with E-state index >= 15 is 0 Å². The van der Waals surface area contributed by atoms with Crippen LogP contribution in [0.1, 0.15) is 23.2 Å².